The van der Waals surface area contributed by atoms with E-state index in [-0.39, 0.29) is 12.5 Å². The van der Waals surface area contributed by atoms with Crippen LogP contribution in [0, 0.1) is 20.8 Å². The highest BCUT2D eigenvalue weighted by atomic mass is 32.1. The molecule has 1 aromatic heterocycles. The second-order valence-corrected chi connectivity index (χ2v) is 8.97. The summed E-state index contributed by atoms with van der Waals surface area (Å²) < 4.78 is 12.4. The first kappa shape index (κ1) is 22.6. The zero-order valence-electron chi connectivity index (χ0n) is 19.1. The lowest BCUT2D eigenvalue weighted by Gasteiger charge is -2.11. The van der Waals surface area contributed by atoms with Crippen molar-refractivity contribution < 1.29 is 14.3 Å². The Morgan fingerprint density at radius 3 is 2.48 bits per heavy atom. The third-order valence-electron chi connectivity index (χ3n) is 5.32. The van der Waals surface area contributed by atoms with Crippen LogP contribution in [0.2, 0.25) is 0 Å². The molecule has 0 fully saturated rings. The average molecular weight is 459 g/mol. The van der Waals surface area contributed by atoms with Crippen LogP contribution in [0.5, 0.6) is 11.5 Å². The molecule has 4 aromatic rings. The first-order valence-corrected chi connectivity index (χ1v) is 11.5. The Labute approximate surface area is 197 Å². The number of carbonyl (C=O) groups is 1. The smallest absolute Gasteiger partial charge is 0.262 e. The zero-order valence-corrected chi connectivity index (χ0v) is 20.0. The molecular formula is C27H26N2O3S. The molecule has 33 heavy (non-hydrogen) atoms. The van der Waals surface area contributed by atoms with Crippen LogP contribution >= 0.6 is 11.3 Å². The van der Waals surface area contributed by atoms with Crippen LogP contribution < -0.4 is 14.8 Å². The maximum Gasteiger partial charge on any atom is 0.262 e. The van der Waals surface area contributed by atoms with Crippen LogP contribution in [0.4, 0.5) is 5.69 Å². The lowest BCUT2D eigenvalue weighted by molar-refractivity contribution is -0.118. The van der Waals surface area contributed by atoms with Gasteiger partial charge in [-0.2, -0.15) is 0 Å². The fourth-order valence-corrected chi connectivity index (χ4v) is 4.27. The minimum absolute atomic E-state index is 0.107. The number of nitrogens with one attached hydrogen (secondary N) is 1. The molecule has 0 saturated carbocycles. The van der Waals surface area contributed by atoms with Gasteiger partial charge in [-0.05, 0) is 79.9 Å². The summed E-state index contributed by atoms with van der Waals surface area (Å²) in [5, 5.41) is 3.77. The van der Waals surface area contributed by atoms with Crippen LogP contribution in [0.1, 0.15) is 27.3 Å². The fourth-order valence-electron chi connectivity index (χ4n) is 3.32. The number of methoxy groups -OCH3 is 1. The number of hydrogen-bond donors (Lipinski definition) is 1. The number of aromatic nitrogens is 1. The summed E-state index contributed by atoms with van der Waals surface area (Å²) in [5.41, 5.74) is 6.37. The Bertz CT molecular complexity index is 1280. The van der Waals surface area contributed by atoms with E-state index in [0.717, 1.165) is 27.3 Å². The number of fused-ring (bicyclic) bond motifs is 1. The van der Waals surface area contributed by atoms with Crippen molar-refractivity contribution in [1.29, 1.82) is 0 Å². The van der Waals surface area contributed by atoms with Crippen molar-refractivity contribution in [3.05, 3.63) is 81.9 Å². The Balaban J connectivity index is 1.42. The largest absolute Gasteiger partial charge is 0.493 e. The molecule has 1 N–H and O–H groups in total. The number of carbonyl (C=O) groups excluding carboxylic acids is 1. The summed E-state index contributed by atoms with van der Waals surface area (Å²) in [6.45, 7) is 6.11. The van der Waals surface area contributed by atoms with E-state index in [9.17, 15) is 4.79 Å². The van der Waals surface area contributed by atoms with Gasteiger partial charge in [0.1, 0.15) is 5.01 Å². The molecule has 1 heterocycles. The van der Waals surface area contributed by atoms with E-state index in [0.29, 0.717) is 11.5 Å². The Kier molecular flexibility index (Phi) is 6.75. The highest BCUT2D eigenvalue weighted by Gasteiger charge is 2.09. The second kappa shape index (κ2) is 9.88. The molecule has 1 amide bonds. The van der Waals surface area contributed by atoms with Crippen LogP contribution in [0.25, 0.3) is 22.4 Å². The number of rotatable bonds is 7. The number of amides is 1. The van der Waals surface area contributed by atoms with Crippen molar-refractivity contribution in [2.45, 2.75) is 20.8 Å². The van der Waals surface area contributed by atoms with E-state index in [1.165, 1.54) is 15.8 Å². The predicted molar refractivity (Wildman–Crippen MR) is 136 cm³/mol. The molecule has 0 radical (unpaired) electrons. The Hall–Kier alpha value is -3.64. The first-order chi connectivity index (χ1) is 15.9. The molecule has 0 aliphatic heterocycles. The second-order valence-electron chi connectivity index (χ2n) is 7.90. The van der Waals surface area contributed by atoms with Gasteiger partial charge in [-0.15, -0.1) is 11.3 Å². The normalized spacial score (nSPS) is 11.2. The number of benzene rings is 3. The standard InChI is InChI=1S/C27H26N2O3S/c1-17-5-9-21(10-6-17)28-26(30)16-32-23-11-7-20(15-24(23)31-4)8-12-27-29-22-13-18(2)19(3)14-25(22)33-27/h5-15H,16H2,1-4H3,(H,28,30). The fraction of sp³-hybridized carbons (Fsp3) is 0.185. The van der Waals surface area contributed by atoms with Gasteiger partial charge in [0, 0.05) is 5.69 Å². The Morgan fingerprint density at radius 2 is 1.73 bits per heavy atom. The molecule has 0 atom stereocenters. The van der Waals surface area contributed by atoms with Crippen molar-refractivity contribution in [2.24, 2.45) is 0 Å². The summed E-state index contributed by atoms with van der Waals surface area (Å²) in [5.74, 6) is 0.849. The van der Waals surface area contributed by atoms with E-state index in [4.69, 9.17) is 14.5 Å². The summed E-state index contributed by atoms with van der Waals surface area (Å²) in [6.07, 6.45) is 3.99. The predicted octanol–water partition coefficient (Wildman–Crippen LogP) is 6.42. The van der Waals surface area contributed by atoms with E-state index >= 15 is 0 Å². The Morgan fingerprint density at radius 1 is 0.970 bits per heavy atom. The summed E-state index contributed by atoms with van der Waals surface area (Å²) in [6, 6.07) is 17.5. The molecule has 0 saturated heterocycles. The molecule has 168 valence electrons. The van der Waals surface area contributed by atoms with E-state index in [1.54, 1.807) is 18.4 Å². The molecule has 5 nitrogen and oxygen atoms in total. The summed E-state index contributed by atoms with van der Waals surface area (Å²) in [7, 11) is 1.58. The van der Waals surface area contributed by atoms with Gasteiger partial charge >= 0.3 is 0 Å². The molecule has 0 aliphatic carbocycles. The van der Waals surface area contributed by atoms with Crippen LogP contribution in [-0.2, 0) is 4.79 Å². The number of aryl methyl sites for hydroxylation is 3. The van der Waals surface area contributed by atoms with Gasteiger partial charge in [0.15, 0.2) is 18.1 Å². The zero-order chi connectivity index (χ0) is 23.4. The molecule has 0 unspecified atom stereocenters. The molecule has 4 rings (SSSR count). The molecule has 3 aromatic carbocycles. The minimum Gasteiger partial charge on any atom is -0.493 e. The van der Waals surface area contributed by atoms with Gasteiger partial charge in [0.05, 0.1) is 17.3 Å². The van der Waals surface area contributed by atoms with Gasteiger partial charge in [-0.25, -0.2) is 4.98 Å². The summed E-state index contributed by atoms with van der Waals surface area (Å²) in [4.78, 5) is 16.9. The van der Waals surface area contributed by atoms with Gasteiger partial charge in [0.25, 0.3) is 5.91 Å². The lowest BCUT2D eigenvalue weighted by Crippen LogP contribution is -2.20. The minimum atomic E-state index is -0.230. The quantitative estimate of drug-likeness (QED) is 0.347. The van der Waals surface area contributed by atoms with E-state index < -0.39 is 0 Å². The highest BCUT2D eigenvalue weighted by Crippen LogP contribution is 2.30. The molecule has 0 aliphatic rings. The van der Waals surface area contributed by atoms with Crippen LogP contribution in [0.15, 0.2) is 54.6 Å². The van der Waals surface area contributed by atoms with Gasteiger partial charge in [-0.1, -0.05) is 29.8 Å². The number of anilines is 1. The van der Waals surface area contributed by atoms with Crippen molar-refractivity contribution in [3.8, 4) is 11.5 Å². The van der Waals surface area contributed by atoms with E-state index in [1.807, 2.05) is 61.5 Å². The van der Waals surface area contributed by atoms with Crippen molar-refractivity contribution in [1.82, 2.24) is 4.98 Å². The molecule has 0 spiro atoms. The first-order valence-electron chi connectivity index (χ1n) is 10.6. The van der Waals surface area contributed by atoms with Crippen LogP contribution in [-0.4, -0.2) is 24.6 Å². The molecule has 0 bridgehead atoms. The third kappa shape index (κ3) is 5.59. The topological polar surface area (TPSA) is 60.5 Å². The maximum atomic E-state index is 12.2. The number of nitrogens with zero attached hydrogens (tertiary/aromatic N) is 1. The molecular weight excluding hydrogens is 432 g/mol. The number of hydrogen-bond acceptors (Lipinski definition) is 5. The lowest BCUT2D eigenvalue weighted by atomic mass is 10.1. The van der Waals surface area contributed by atoms with Crippen LogP contribution in [0.3, 0.4) is 0 Å². The summed E-state index contributed by atoms with van der Waals surface area (Å²) >= 11 is 1.67. The third-order valence-corrected chi connectivity index (χ3v) is 6.30. The highest BCUT2D eigenvalue weighted by molar-refractivity contribution is 7.19. The van der Waals surface area contributed by atoms with Crippen molar-refractivity contribution >= 4 is 45.3 Å². The molecule has 6 heteroatoms. The van der Waals surface area contributed by atoms with Gasteiger partial charge < -0.3 is 14.8 Å². The van der Waals surface area contributed by atoms with Gasteiger partial charge in [0.2, 0.25) is 0 Å². The number of ether oxygens (including phenoxy) is 2. The number of thiazole rings is 1. The maximum absolute atomic E-state index is 12.2. The average Bonchev–Trinajstić information content (AvgIpc) is 3.19. The van der Waals surface area contributed by atoms with Crippen molar-refractivity contribution in [2.75, 3.05) is 19.0 Å². The van der Waals surface area contributed by atoms with E-state index in [2.05, 4.69) is 31.3 Å². The van der Waals surface area contributed by atoms with Crippen molar-refractivity contribution in [3.63, 3.8) is 0 Å². The SMILES string of the molecule is COc1cc(C=Cc2nc3cc(C)c(C)cc3s2)ccc1OCC(=O)Nc1ccc(C)cc1. The monoisotopic (exact) mass is 458 g/mol. The van der Waals surface area contributed by atoms with Gasteiger partial charge in [-0.3, -0.25) is 4.79 Å².